The standard InChI is InChI=1S/C16H16ClNO/c1-3-14-10-18-12(2)16(15(14)9-17)19-11-13-7-5-4-6-8-13/h3-8,10H,1,9,11H2,2H3. The molecule has 1 heterocycles. The molecule has 0 saturated carbocycles. The van der Waals surface area contributed by atoms with Crippen molar-refractivity contribution in [2.45, 2.75) is 19.4 Å². The Kier molecular flexibility index (Phi) is 4.58. The summed E-state index contributed by atoms with van der Waals surface area (Å²) in [5.74, 6) is 1.14. The largest absolute Gasteiger partial charge is 0.487 e. The molecule has 0 amide bonds. The SMILES string of the molecule is C=Cc1cnc(C)c(OCc2ccccc2)c1CCl. The molecule has 2 nitrogen and oxygen atoms in total. The molecule has 0 unspecified atom stereocenters. The Morgan fingerprint density at radius 1 is 1.32 bits per heavy atom. The van der Waals surface area contributed by atoms with Gasteiger partial charge in [0.1, 0.15) is 12.4 Å². The lowest BCUT2D eigenvalue weighted by molar-refractivity contribution is 0.300. The van der Waals surface area contributed by atoms with Crippen LogP contribution >= 0.6 is 11.6 Å². The van der Waals surface area contributed by atoms with Gasteiger partial charge in [0.15, 0.2) is 0 Å². The van der Waals surface area contributed by atoms with Crippen LogP contribution in [0.5, 0.6) is 5.75 Å². The fourth-order valence-electron chi connectivity index (χ4n) is 1.89. The maximum Gasteiger partial charge on any atom is 0.146 e. The minimum Gasteiger partial charge on any atom is -0.487 e. The van der Waals surface area contributed by atoms with Crippen LogP contribution in [-0.4, -0.2) is 4.98 Å². The third-order valence-corrected chi connectivity index (χ3v) is 3.20. The fraction of sp³-hybridized carbons (Fsp3) is 0.188. The predicted molar refractivity (Wildman–Crippen MR) is 79.4 cm³/mol. The van der Waals surface area contributed by atoms with Crippen molar-refractivity contribution in [3.63, 3.8) is 0 Å². The molecular weight excluding hydrogens is 258 g/mol. The Bertz CT molecular complexity index is 566. The van der Waals surface area contributed by atoms with Gasteiger partial charge in [-0.3, -0.25) is 4.98 Å². The highest BCUT2D eigenvalue weighted by Gasteiger charge is 2.11. The van der Waals surface area contributed by atoms with Gasteiger partial charge < -0.3 is 4.74 Å². The number of aromatic nitrogens is 1. The summed E-state index contributed by atoms with van der Waals surface area (Å²) in [5.41, 5.74) is 3.83. The number of pyridine rings is 1. The minimum absolute atomic E-state index is 0.384. The van der Waals surface area contributed by atoms with Crippen LogP contribution in [0.2, 0.25) is 0 Å². The number of aryl methyl sites for hydroxylation is 1. The van der Waals surface area contributed by atoms with E-state index in [-0.39, 0.29) is 0 Å². The number of halogens is 1. The first-order valence-electron chi connectivity index (χ1n) is 6.10. The van der Waals surface area contributed by atoms with Crippen molar-refractivity contribution in [2.75, 3.05) is 0 Å². The summed E-state index contributed by atoms with van der Waals surface area (Å²) >= 11 is 6.01. The second kappa shape index (κ2) is 6.39. The second-order valence-electron chi connectivity index (χ2n) is 4.22. The lowest BCUT2D eigenvalue weighted by Gasteiger charge is -2.14. The van der Waals surface area contributed by atoms with E-state index in [0.29, 0.717) is 12.5 Å². The van der Waals surface area contributed by atoms with Crippen molar-refractivity contribution >= 4 is 17.7 Å². The van der Waals surface area contributed by atoms with Gasteiger partial charge in [0.25, 0.3) is 0 Å². The minimum atomic E-state index is 0.384. The van der Waals surface area contributed by atoms with E-state index in [2.05, 4.69) is 11.6 Å². The first kappa shape index (κ1) is 13.6. The molecule has 3 heteroatoms. The third-order valence-electron chi connectivity index (χ3n) is 2.93. The number of nitrogens with zero attached hydrogens (tertiary/aromatic N) is 1. The third kappa shape index (κ3) is 3.15. The average molecular weight is 274 g/mol. The second-order valence-corrected chi connectivity index (χ2v) is 4.49. The molecule has 0 N–H and O–H groups in total. The molecule has 0 radical (unpaired) electrons. The van der Waals surface area contributed by atoms with Crippen LogP contribution in [0.1, 0.15) is 22.4 Å². The number of rotatable bonds is 5. The van der Waals surface area contributed by atoms with Crippen molar-refractivity contribution in [2.24, 2.45) is 0 Å². The molecule has 0 spiro atoms. The van der Waals surface area contributed by atoms with E-state index in [1.54, 1.807) is 12.3 Å². The maximum absolute atomic E-state index is 6.01. The summed E-state index contributed by atoms with van der Waals surface area (Å²) in [5, 5.41) is 0. The van der Waals surface area contributed by atoms with E-state index < -0.39 is 0 Å². The van der Waals surface area contributed by atoms with Crippen LogP contribution in [-0.2, 0) is 12.5 Å². The highest BCUT2D eigenvalue weighted by atomic mass is 35.5. The van der Waals surface area contributed by atoms with Gasteiger partial charge in [0.2, 0.25) is 0 Å². The van der Waals surface area contributed by atoms with E-state index in [1.165, 1.54) is 0 Å². The molecule has 98 valence electrons. The van der Waals surface area contributed by atoms with Gasteiger partial charge in [-0.1, -0.05) is 43.0 Å². The molecule has 0 bridgehead atoms. The van der Waals surface area contributed by atoms with E-state index in [4.69, 9.17) is 16.3 Å². The molecule has 2 rings (SSSR count). The first-order chi connectivity index (χ1) is 9.26. The van der Waals surface area contributed by atoms with Crippen molar-refractivity contribution in [1.82, 2.24) is 4.98 Å². The maximum atomic E-state index is 6.01. The number of hydrogen-bond donors (Lipinski definition) is 0. The van der Waals surface area contributed by atoms with Gasteiger partial charge >= 0.3 is 0 Å². The lowest BCUT2D eigenvalue weighted by atomic mass is 10.1. The summed E-state index contributed by atoms with van der Waals surface area (Å²) in [6.45, 7) is 6.20. The summed E-state index contributed by atoms with van der Waals surface area (Å²) in [6.07, 6.45) is 3.52. The summed E-state index contributed by atoms with van der Waals surface area (Å²) in [4.78, 5) is 4.32. The summed E-state index contributed by atoms with van der Waals surface area (Å²) < 4.78 is 5.89. The Morgan fingerprint density at radius 3 is 2.68 bits per heavy atom. The highest BCUT2D eigenvalue weighted by molar-refractivity contribution is 6.17. The van der Waals surface area contributed by atoms with Crippen molar-refractivity contribution < 1.29 is 4.74 Å². The molecular formula is C16H16ClNO. The van der Waals surface area contributed by atoms with Gasteiger partial charge in [-0.2, -0.15) is 0 Å². The van der Waals surface area contributed by atoms with E-state index in [9.17, 15) is 0 Å². The highest BCUT2D eigenvalue weighted by Crippen LogP contribution is 2.28. The van der Waals surface area contributed by atoms with E-state index in [1.807, 2.05) is 37.3 Å². The smallest absolute Gasteiger partial charge is 0.146 e. The Hall–Kier alpha value is -1.80. The van der Waals surface area contributed by atoms with E-state index >= 15 is 0 Å². The zero-order valence-electron chi connectivity index (χ0n) is 10.9. The zero-order valence-corrected chi connectivity index (χ0v) is 11.7. The summed E-state index contributed by atoms with van der Waals surface area (Å²) in [7, 11) is 0. The average Bonchev–Trinajstić information content (AvgIpc) is 2.46. The Labute approximate surface area is 118 Å². The van der Waals surface area contributed by atoms with Gasteiger partial charge in [0.05, 0.1) is 11.6 Å². The number of benzene rings is 1. The topological polar surface area (TPSA) is 22.1 Å². The molecule has 0 aliphatic carbocycles. The number of ether oxygens (including phenoxy) is 1. The molecule has 19 heavy (non-hydrogen) atoms. The van der Waals surface area contributed by atoms with Crippen molar-refractivity contribution in [3.05, 3.63) is 65.5 Å². The van der Waals surface area contributed by atoms with Gasteiger partial charge in [0, 0.05) is 17.3 Å². The van der Waals surface area contributed by atoms with Crippen LogP contribution in [0, 0.1) is 6.92 Å². The zero-order chi connectivity index (χ0) is 13.7. The molecule has 1 aromatic carbocycles. The Morgan fingerprint density at radius 2 is 2.05 bits per heavy atom. The molecule has 0 saturated heterocycles. The predicted octanol–water partition coefficient (Wildman–Crippen LogP) is 4.35. The van der Waals surface area contributed by atoms with Crippen LogP contribution in [0.4, 0.5) is 0 Å². The van der Waals surface area contributed by atoms with Crippen LogP contribution in [0.3, 0.4) is 0 Å². The summed E-state index contributed by atoms with van der Waals surface area (Å²) in [6, 6.07) is 10.0. The van der Waals surface area contributed by atoms with Crippen molar-refractivity contribution in [3.8, 4) is 5.75 Å². The molecule has 0 aliphatic heterocycles. The number of alkyl halides is 1. The fourth-order valence-corrected chi connectivity index (χ4v) is 2.16. The lowest BCUT2D eigenvalue weighted by Crippen LogP contribution is -2.03. The van der Waals surface area contributed by atoms with Crippen LogP contribution in [0.25, 0.3) is 6.08 Å². The monoisotopic (exact) mass is 273 g/mol. The molecule has 0 aliphatic rings. The van der Waals surface area contributed by atoms with Crippen LogP contribution < -0.4 is 4.74 Å². The quantitative estimate of drug-likeness (QED) is 0.756. The van der Waals surface area contributed by atoms with Gasteiger partial charge in [-0.05, 0) is 12.5 Å². The van der Waals surface area contributed by atoms with E-state index in [0.717, 1.165) is 28.1 Å². The van der Waals surface area contributed by atoms with Crippen molar-refractivity contribution in [1.29, 1.82) is 0 Å². The van der Waals surface area contributed by atoms with Gasteiger partial charge in [-0.15, -0.1) is 11.6 Å². The molecule has 0 fully saturated rings. The molecule has 0 atom stereocenters. The first-order valence-corrected chi connectivity index (χ1v) is 6.63. The molecule has 1 aromatic heterocycles. The number of hydrogen-bond acceptors (Lipinski definition) is 2. The normalized spacial score (nSPS) is 10.2. The van der Waals surface area contributed by atoms with Crippen LogP contribution in [0.15, 0.2) is 43.1 Å². The Balaban J connectivity index is 2.26. The van der Waals surface area contributed by atoms with Gasteiger partial charge in [-0.25, -0.2) is 0 Å². The molecule has 2 aromatic rings.